The summed E-state index contributed by atoms with van der Waals surface area (Å²) in [4.78, 5) is 29.0. The van der Waals surface area contributed by atoms with Gasteiger partial charge in [0.25, 0.3) is 0 Å². The van der Waals surface area contributed by atoms with Gasteiger partial charge in [0.15, 0.2) is 6.61 Å². The van der Waals surface area contributed by atoms with E-state index in [4.69, 9.17) is 9.47 Å². The number of nitrogens with zero attached hydrogens (tertiary/aromatic N) is 2. The Morgan fingerprint density at radius 1 is 1.31 bits per heavy atom. The lowest BCUT2D eigenvalue weighted by Crippen LogP contribution is -2.17. The van der Waals surface area contributed by atoms with Crippen molar-refractivity contribution in [3.8, 4) is 0 Å². The molecule has 0 aromatic carbocycles. The van der Waals surface area contributed by atoms with Crippen molar-refractivity contribution >= 4 is 23.5 Å². The Kier molecular flexibility index (Phi) is 6.99. The van der Waals surface area contributed by atoms with Gasteiger partial charge in [0.05, 0.1) is 18.2 Å². The van der Waals surface area contributed by atoms with Crippen LogP contribution in [-0.4, -0.2) is 47.9 Å². The van der Waals surface area contributed by atoms with Crippen molar-refractivity contribution in [3.05, 3.63) is 46.9 Å². The van der Waals surface area contributed by atoms with Gasteiger partial charge in [-0.15, -0.1) is 11.8 Å². The van der Waals surface area contributed by atoms with Crippen molar-refractivity contribution in [2.24, 2.45) is 0 Å². The number of rotatable bonds is 8. The third-order valence-electron chi connectivity index (χ3n) is 4.15. The summed E-state index contributed by atoms with van der Waals surface area (Å²) in [5.74, 6) is -0.769. The molecule has 0 saturated carbocycles. The Hall–Kier alpha value is -2.12. The first-order chi connectivity index (χ1) is 12.4. The van der Waals surface area contributed by atoms with Gasteiger partial charge in [-0.2, -0.15) is 0 Å². The van der Waals surface area contributed by atoms with E-state index in [1.165, 1.54) is 11.8 Å². The summed E-state index contributed by atoms with van der Waals surface area (Å²) < 4.78 is 12.5. The Balaban J connectivity index is 2.11. The SMILES string of the molecule is COC[C@H](C)n1c(C)cc(C(=O)COC(=O)c2cccnc2SC)c1C. The molecule has 7 heteroatoms. The summed E-state index contributed by atoms with van der Waals surface area (Å²) in [6.45, 7) is 6.12. The van der Waals surface area contributed by atoms with E-state index < -0.39 is 5.97 Å². The molecule has 0 amide bonds. The number of Topliss-reactive ketones (excluding diaryl/α,β-unsaturated/α-hetero) is 1. The zero-order valence-electron chi connectivity index (χ0n) is 15.7. The minimum absolute atomic E-state index is 0.114. The second kappa shape index (κ2) is 9.00. The molecule has 2 rings (SSSR count). The van der Waals surface area contributed by atoms with E-state index in [9.17, 15) is 9.59 Å². The Labute approximate surface area is 157 Å². The maximum atomic E-state index is 12.6. The second-order valence-electron chi connectivity index (χ2n) is 6.02. The highest BCUT2D eigenvalue weighted by atomic mass is 32.2. The molecule has 0 N–H and O–H groups in total. The fourth-order valence-corrected chi connectivity index (χ4v) is 3.59. The number of esters is 1. The topological polar surface area (TPSA) is 70.4 Å². The molecule has 0 unspecified atom stereocenters. The summed E-state index contributed by atoms with van der Waals surface area (Å²) in [6, 6.07) is 5.26. The molecular weight excluding hydrogens is 352 g/mol. The maximum Gasteiger partial charge on any atom is 0.341 e. The van der Waals surface area contributed by atoms with E-state index in [1.54, 1.807) is 25.4 Å². The summed E-state index contributed by atoms with van der Waals surface area (Å²) >= 11 is 1.36. The summed E-state index contributed by atoms with van der Waals surface area (Å²) in [7, 11) is 1.65. The first-order valence-corrected chi connectivity index (χ1v) is 9.49. The van der Waals surface area contributed by atoms with Gasteiger partial charge in [-0.3, -0.25) is 4.79 Å². The largest absolute Gasteiger partial charge is 0.454 e. The predicted molar refractivity (Wildman–Crippen MR) is 101 cm³/mol. The Morgan fingerprint density at radius 2 is 2.04 bits per heavy atom. The molecule has 140 valence electrons. The molecule has 6 nitrogen and oxygen atoms in total. The van der Waals surface area contributed by atoms with Crippen LogP contribution in [0.1, 0.15) is 45.1 Å². The van der Waals surface area contributed by atoms with E-state index in [0.29, 0.717) is 22.8 Å². The lowest BCUT2D eigenvalue weighted by atomic mass is 10.1. The molecule has 0 spiro atoms. The number of ether oxygens (including phenoxy) is 2. The number of hydrogen-bond donors (Lipinski definition) is 0. The molecule has 0 aliphatic heterocycles. The number of hydrogen-bond acceptors (Lipinski definition) is 6. The monoisotopic (exact) mass is 376 g/mol. The van der Waals surface area contributed by atoms with E-state index in [-0.39, 0.29) is 18.4 Å². The average Bonchev–Trinajstić information content (AvgIpc) is 2.93. The second-order valence-corrected chi connectivity index (χ2v) is 6.81. The van der Waals surface area contributed by atoms with Crippen molar-refractivity contribution in [1.29, 1.82) is 0 Å². The molecule has 0 aliphatic rings. The fourth-order valence-electron chi connectivity index (χ4n) is 3.05. The minimum Gasteiger partial charge on any atom is -0.454 e. The highest BCUT2D eigenvalue weighted by Crippen LogP contribution is 2.22. The number of aryl methyl sites for hydroxylation is 1. The van der Waals surface area contributed by atoms with Crippen LogP contribution in [0.3, 0.4) is 0 Å². The van der Waals surface area contributed by atoms with Crippen molar-refractivity contribution < 1.29 is 19.1 Å². The third-order valence-corrected chi connectivity index (χ3v) is 4.86. The maximum absolute atomic E-state index is 12.6. The van der Waals surface area contributed by atoms with Gasteiger partial charge in [0.2, 0.25) is 5.78 Å². The van der Waals surface area contributed by atoms with Crippen molar-refractivity contribution in [1.82, 2.24) is 9.55 Å². The molecule has 0 fully saturated rings. The smallest absolute Gasteiger partial charge is 0.341 e. The van der Waals surface area contributed by atoms with E-state index >= 15 is 0 Å². The number of aromatic nitrogens is 2. The molecule has 2 aromatic rings. The molecule has 0 bridgehead atoms. The highest BCUT2D eigenvalue weighted by molar-refractivity contribution is 7.98. The van der Waals surface area contributed by atoms with Crippen LogP contribution < -0.4 is 0 Å². The van der Waals surface area contributed by atoms with Crippen LogP contribution in [0.5, 0.6) is 0 Å². The molecule has 1 atom stereocenters. The van der Waals surface area contributed by atoms with Gasteiger partial charge in [0.1, 0.15) is 5.03 Å². The third kappa shape index (κ3) is 4.34. The van der Waals surface area contributed by atoms with E-state index in [0.717, 1.165) is 11.4 Å². The molecule has 2 aromatic heterocycles. The summed E-state index contributed by atoms with van der Waals surface area (Å²) in [6.07, 6.45) is 3.45. The van der Waals surface area contributed by atoms with Crippen molar-refractivity contribution in [3.63, 3.8) is 0 Å². The van der Waals surface area contributed by atoms with Crippen LogP contribution in [0.25, 0.3) is 0 Å². The number of pyridine rings is 1. The van der Waals surface area contributed by atoms with Crippen molar-refractivity contribution in [2.75, 3.05) is 26.6 Å². The summed E-state index contributed by atoms with van der Waals surface area (Å²) in [5, 5.41) is 0.580. The van der Waals surface area contributed by atoms with Gasteiger partial charge < -0.3 is 14.0 Å². The normalized spacial score (nSPS) is 12.0. The predicted octanol–water partition coefficient (Wildman–Crippen LogP) is 3.47. The van der Waals surface area contributed by atoms with Gasteiger partial charge in [-0.25, -0.2) is 9.78 Å². The van der Waals surface area contributed by atoms with Crippen LogP contribution in [0.15, 0.2) is 29.4 Å². The van der Waals surface area contributed by atoms with Gasteiger partial charge in [0, 0.05) is 30.3 Å². The lowest BCUT2D eigenvalue weighted by molar-refractivity contribution is 0.0470. The average molecular weight is 376 g/mol. The number of carbonyl (C=O) groups excluding carboxylic acids is 2. The van der Waals surface area contributed by atoms with Crippen molar-refractivity contribution in [2.45, 2.75) is 31.8 Å². The Morgan fingerprint density at radius 3 is 2.69 bits per heavy atom. The van der Waals surface area contributed by atoms with Gasteiger partial charge in [-0.1, -0.05) is 0 Å². The number of carbonyl (C=O) groups is 2. The number of methoxy groups -OCH3 is 1. The van der Waals surface area contributed by atoms with Crippen LogP contribution in [0.4, 0.5) is 0 Å². The van der Waals surface area contributed by atoms with E-state index in [2.05, 4.69) is 9.55 Å². The quantitative estimate of drug-likeness (QED) is 0.399. The summed E-state index contributed by atoms with van der Waals surface area (Å²) in [5.41, 5.74) is 2.75. The lowest BCUT2D eigenvalue weighted by Gasteiger charge is -2.17. The Bertz CT molecular complexity index is 801. The zero-order valence-corrected chi connectivity index (χ0v) is 16.6. The molecule has 0 aliphatic carbocycles. The van der Waals surface area contributed by atoms with Gasteiger partial charge >= 0.3 is 5.97 Å². The molecule has 0 saturated heterocycles. The van der Waals surface area contributed by atoms with Gasteiger partial charge in [-0.05, 0) is 45.2 Å². The van der Waals surface area contributed by atoms with Crippen LogP contribution in [0.2, 0.25) is 0 Å². The molecule has 0 radical (unpaired) electrons. The minimum atomic E-state index is -0.544. The molecular formula is C19H24N2O4S. The number of ketones is 1. The van der Waals surface area contributed by atoms with Crippen LogP contribution in [-0.2, 0) is 9.47 Å². The van der Waals surface area contributed by atoms with E-state index in [1.807, 2.05) is 33.1 Å². The first-order valence-electron chi connectivity index (χ1n) is 8.27. The number of thioether (sulfide) groups is 1. The zero-order chi connectivity index (χ0) is 19.3. The van der Waals surface area contributed by atoms with Crippen LogP contribution >= 0.6 is 11.8 Å². The molecule has 2 heterocycles. The first kappa shape index (κ1) is 20.2. The fraction of sp³-hybridized carbons (Fsp3) is 0.421. The standard InChI is InChI=1S/C19H24N2O4S/c1-12-9-16(14(3)21(12)13(2)10-24-4)17(22)11-25-19(23)15-7-6-8-20-18(15)26-5/h6-9,13H,10-11H2,1-5H3/t13-/m0/s1. The van der Waals surface area contributed by atoms with Crippen LogP contribution in [0, 0.1) is 13.8 Å². The molecule has 26 heavy (non-hydrogen) atoms. The highest BCUT2D eigenvalue weighted by Gasteiger charge is 2.21.